The number of amides is 3. The van der Waals surface area contributed by atoms with Crippen molar-refractivity contribution in [1.29, 1.82) is 5.26 Å². The van der Waals surface area contributed by atoms with Gasteiger partial charge in [-0.15, -0.1) is 0 Å². The van der Waals surface area contributed by atoms with Crippen molar-refractivity contribution in [2.24, 2.45) is 0 Å². The van der Waals surface area contributed by atoms with Crippen LogP contribution < -0.4 is 19.8 Å². The molecule has 52 heavy (non-hydrogen) atoms. The van der Waals surface area contributed by atoms with Crippen molar-refractivity contribution in [3.63, 3.8) is 0 Å². The van der Waals surface area contributed by atoms with Gasteiger partial charge in [-0.05, 0) is 75.7 Å². The number of rotatable bonds is 11. The van der Waals surface area contributed by atoms with Crippen LogP contribution in [0.15, 0.2) is 53.4 Å². The van der Waals surface area contributed by atoms with E-state index in [1.165, 1.54) is 53.8 Å². The van der Waals surface area contributed by atoms with E-state index in [4.69, 9.17) is 0 Å². The molecule has 0 unspecified atom stereocenters. The summed E-state index contributed by atoms with van der Waals surface area (Å²) in [7, 11) is -6.41. The maximum Gasteiger partial charge on any atom is 0.408 e. The molecule has 0 bridgehead atoms. The third-order valence-corrected chi connectivity index (χ3v) is 11.3. The van der Waals surface area contributed by atoms with Crippen LogP contribution in [-0.4, -0.2) is 111 Å². The van der Waals surface area contributed by atoms with Gasteiger partial charge in [0, 0.05) is 56.7 Å². The number of carbonyl (C=O) groups is 3. The van der Waals surface area contributed by atoms with Crippen molar-refractivity contribution in [2.75, 3.05) is 60.5 Å². The molecule has 3 amide bonds. The summed E-state index contributed by atoms with van der Waals surface area (Å²) in [5.41, 5.74) is 0.703. The number of nitriles is 1. The highest BCUT2D eigenvalue weighted by atomic mass is 32.2. The van der Waals surface area contributed by atoms with E-state index in [2.05, 4.69) is 20.6 Å². The molecule has 1 aromatic heterocycles. The van der Waals surface area contributed by atoms with E-state index in [9.17, 15) is 41.6 Å². The number of hydrogen-bond acceptors (Lipinski definition) is 11. The minimum Gasteiger partial charge on any atom is -0.465 e. The summed E-state index contributed by atoms with van der Waals surface area (Å²) >= 11 is 0. The molecule has 0 aliphatic carbocycles. The number of aromatic nitrogens is 2. The smallest absolute Gasteiger partial charge is 0.408 e. The number of anilines is 3. The fraction of sp³-hybridized carbons (Fsp3) is 0.394. The normalized spacial score (nSPS) is 13.9. The standard InChI is InChI=1S/C33H41N9O8S2/c1-22-17-25(19-34)38-31(36-22)40-13-15-41(16-14-40)52(49,50)26-10-8-24(9-11-26)37-30(44)27-18-23(7-12-28(27)39(5)51(6,47)48)20-35-29(43)21-42(32(45)46)33(2,3)4/h7-12,17-18H,13-16,20-21H2,1-6H3,(H,35,43)(H,37,44)(H,45,46). The highest BCUT2D eigenvalue weighted by Crippen LogP contribution is 2.26. The first-order chi connectivity index (χ1) is 24.2. The van der Waals surface area contributed by atoms with E-state index >= 15 is 0 Å². The average molecular weight is 756 g/mol. The van der Waals surface area contributed by atoms with E-state index in [0.29, 0.717) is 30.3 Å². The zero-order valence-corrected chi connectivity index (χ0v) is 31.2. The third-order valence-electron chi connectivity index (χ3n) is 8.20. The molecule has 4 rings (SSSR count). The Kier molecular flexibility index (Phi) is 11.8. The number of hydrogen-bond donors (Lipinski definition) is 3. The highest BCUT2D eigenvalue weighted by molar-refractivity contribution is 7.92. The van der Waals surface area contributed by atoms with Crippen molar-refractivity contribution in [3.05, 3.63) is 71.0 Å². The molecule has 0 spiro atoms. The lowest BCUT2D eigenvalue weighted by molar-refractivity contribution is -0.123. The molecule has 2 heterocycles. The lowest BCUT2D eigenvalue weighted by Gasteiger charge is -2.34. The average Bonchev–Trinajstić information content (AvgIpc) is 3.08. The molecule has 1 aliphatic heterocycles. The van der Waals surface area contributed by atoms with Crippen molar-refractivity contribution in [2.45, 2.75) is 44.7 Å². The SMILES string of the molecule is Cc1cc(C#N)nc(N2CCN(S(=O)(=O)c3ccc(NC(=O)c4cc(CNC(=O)CN(C(=O)O)C(C)(C)C)ccc4N(C)S(C)(=O)=O)cc3)CC2)n1. The topological polar surface area (TPSA) is 226 Å². The summed E-state index contributed by atoms with van der Waals surface area (Å²) in [6.07, 6.45) is -0.282. The lowest BCUT2D eigenvalue weighted by atomic mass is 10.1. The highest BCUT2D eigenvalue weighted by Gasteiger charge is 2.30. The number of carbonyl (C=O) groups excluding carboxylic acids is 2. The largest absolute Gasteiger partial charge is 0.465 e. The monoisotopic (exact) mass is 755 g/mol. The molecule has 17 nitrogen and oxygen atoms in total. The molecule has 2 aromatic carbocycles. The Bertz CT molecular complexity index is 2110. The number of carboxylic acid groups (broad SMARTS) is 1. The first-order valence-electron chi connectivity index (χ1n) is 16.0. The Morgan fingerprint density at radius 2 is 1.62 bits per heavy atom. The Morgan fingerprint density at radius 1 is 0.981 bits per heavy atom. The number of sulfonamides is 2. The Hall–Kier alpha value is -5.32. The van der Waals surface area contributed by atoms with Crippen molar-refractivity contribution in [3.8, 4) is 6.07 Å². The molecule has 0 atom stereocenters. The molecule has 0 radical (unpaired) electrons. The van der Waals surface area contributed by atoms with Crippen LogP contribution in [0.5, 0.6) is 0 Å². The van der Waals surface area contributed by atoms with Gasteiger partial charge in [0.05, 0.1) is 22.4 Å². The number of aryl methyl sites for hydroxylation is 1. The molecule has 19 heteroatoms. The van der Waals surface area contributed by atoms with E-state index < -0.39 is 50.0 Å². The van der Waals surface area contributed by atoms with Gasteiger partial charge in [-0.25, -0.2) is 31.6 Å². The number of benzene rings is 2. The molecule has 1 saturated heterocycles. The van der Waals surface area contributed by atoms with Crippen molar-refractivity contribution in [1.82, 2.24) is 24.5 Å². The molecule has 1 fully saturated rings. The summed E-state index contributed by atoms with van der Waals surface area (Å²) in [5, 5.41) is 24.0. The van der Waals surface area contributed by atoms with Crippen LogP contribution in [-0.2, 0) is 31.4 Å². The number of nitrogens with one attached hydrogen (secondary N) is 2. The molecule has 1 aliphatic rings. The van der Waals surface area contributed by atoms with Gasteiger partial charge in [0.15, 0.2) is 0 Å². The Labute approximate surface area is 303 Å². The van der Waals surface area contributed by atoms with Crippen LogP contribution in [0.25, 0.3) is 0 Å². The van der Waals surface area contributed by atoms with Gasteiger partial charge in [0.2, 0.25) is 31.9 Å². The molecule has 0 saturated carbocycles. The van der Waals surface area contributed by atoms with Crippen molar-refractivity contribution >= 4 is 55.3 Å². The van der Waals surface area contributed by atoms with Crippen LogP contribution in [0.4, 0.5) is 22.1 Å². The van der Waals surface area contributed by atoms with Gasteiger partial charge in [0.25, 0.3) is 5.91 Å². The van der Waals surface area contributed by atoms with Gasteiger partial charge in [-0.1, -0.05) is 6.07 Å². The maximum atomic E-state index is 13.6. The predicted molar refractivity (Wildman–Crippen MR) is 193 cm³/mol. The van der Waals surface area contributed by atoms with E-state index in [-0.39, 0.29) is 47.2 Å². The third kappa shape index (κ3) is 9.51. The second-order valence-electron chi connectivity index (χ2n) is 13.1. The van der Waals surface area contributed by atoms with Crippen LogP contribution >= 0.6 is 0 Å². The zero-order valence-electron chi connectivity index (χ0n) is 29.6. The first kappa shape index (κ1) is 39.5. The van der Waals surface area contributed by atoms with Gasteiger partial charge < -0.3 is 20.6 Å². The lowest BCUT2D eigenvalue weighted by Crippen LogP contribution is -2.49. The van der Waals surface area contributed by atoms with Crippen LogP contribution in [0, 0.1) is 18.3 Å². The first-order valence-corrected chi connectivity index (χ1v) is 19.3. The number of nitrogens with zero attached hydrogens (tertiary/aromatic N) is 7. The summed E-state index contributed by atoms with van der Waals surface area (Å²) in [5.74, 6) is -0.918. The van der Waals surface area contributed by atoms with Crippen LogP contribution in [0.3, 0.4) is 0 Å². The minimum absolute atomic E-state index is 0.000632. The van der Waals surface area contributed by atoms with E-state index in [1.807, 2.05) is 11.0 Å². The second kappa shape index (κ2) is 15.5. The van der Waals surface area contributed by atoms with Gasteiger partial charge >= 0.3 is 6.09 Å². The summed E-state index contributed by atoms with van der Waals surface area (Å²) < 4.78 is 54.0. The Balaban J connectivity index is 1.47. The minimum atomic E-state index is -3.90. The van der Waals surface area contributed by atoms with E-state index in [1.54, 1.807) is 33.8 Å². The summed E-state index contributed by atoms with van der Waals surface area (Å²) in [6, 6.07) is 13.5. The molecule has 3 N–H and O–H groups in total. The molecule has 278 valence electrons. The summed E-state index contributed by atoms with van der Waals surface area (Å²) in [6.45, 7) is 7.14. The molecule has 3 aromatic rings. The van der Waals surface area contributed by atoms with Gasteiger partial charge in [-0.2, -0.15) is 9.57 Å². The van der Waals surface area contributed by atoms with Crippen molar-refractivity contribution < 1.29 is 36.3 Å². The van der Waals surface area contributed by atoms with E-state index in [0.717, 1.165) is 15.5 Å². The fourth-order valence-corrected chi connectivity index (χ4v) is 7.20. The maximum absolute atomic E-state index is 13.6. The van der Waals surface area contributed by atoms with Crippen LogP contribution in [0.1, 0.15) is 48.1 Å². The predicted octanol–water partition coefficient (Wildman–Crippen LogP) is 2.21. The van der Waals surface area contributed by atoms with Gasteiger partial charge in [0.1, 0.15) is 18.3 Å². The Morgan fingerprint density at radius 3 is 2.17 bits per heavy atom. The molecular weight excluding hydrogens is 715 g/mol. The van der Waals surface area contributed by atoms with Crippen LogP contribution in [0.2, 0.25) is 0 Å². The zero-order chi connectivity index (χ0) is 38.6. The number of piperazine rings is 1. The molecular formula is C33H41N9O8S2. The fourth-order valence-electron chi connectivity index (χ4n) is 5.26. The second-order valence-corrected chi connectivity index (χ2v) is 17.0. The quantitative estimate of drug-likeness (QED) is 0.256. The van der Waals surface area contributed by atoms with Gasteiger partial charge in [-0.3, -0.25) is 18.8 Å². The summed E-state index contributed by atoms with van der Waals surface area (Å²) in [4.78, 5) is 49.2.